The first-order valence-electron chi connectivity index (χ1n) is 8.85. The molecule has 0 N–H and O–H groups in total. The molecule has 128 valence electrons. The Bertz CT molecular complexity index is 655. The maximum Gasteiger partial charge on any atom is 0.237 e. The van der Waals surface area contributed by atoms with Gasteiger partial charge in [-0.25, -0.2) is 0 Å². The van der Waals surface area contributed by atoms with E-state index in [1.807, 2.05) is 23.1 Å². The zero-order chi connectivity index (χ0) is 16.4. The summed E-state index contributed by atoms with van der Waals surface area (Å²) < 4.78 is 1.98. The minimum absolute atomic E-state index is 0.290. The predicted octanol–water partition coefficient (Wildman–Crippen LogP) is 2.77. The van der Waals surface area contributed by atoms with Crippen LogP contribution in [0.15, 0.2) is 36.0 Å². The van der Waals surface area contributed by atoms with Gasteiger partial charge in [-0.1, -0.05) is 6.07 Å². The van der Waals surface area contributed by atoms with Gasteiger partial charge in [0.1, 0.15) is 0 Å². The lowest BCUT2D eigenvalue weighted by Crippen LogP contribution is -2.43. The lowest BCUT2D eigenvalue weighted by Gasteiger charge is -2.29. The van der Waals surface area contributed by atoms with Crippen LogP contribution in [0.5, 0.6) is 0 Å². The van der Waals surface area contributed by atoms with Crippen molar-refractivity contribution in [2.75, 3.05) is 19.6 Å². The fraction of sp³-hybridized carbons (Fsp3) is 0.556. The Morgan fingerprint density at radius 1 is 1.25 bits per heavy atom. The third-order valence-corrected chi connectivity index (χ3v) is 6.21. The molecule has 1 amide bonds. The first-order chi connectivity index (χ1) is 11.8. The normalized spacial score (nSPS) is 24.8. The van der Waals surface area contributed by atoms with Crippen molar-refractivity contribution in [1.82, 2.24) is 19.6 Å². The molecule has 2 fully saturated rings. The van der Waals surface area contributed by atoms with Gasteiger partial charge in [0.2, 0.25) is 5.91 Å². The minimum Gasteiger partial charge on any atom is -0.334 e. The summed E-state index contributed by atoms with van der Waals surface area (Å²) >= 11 is 1.77. The third-order valence-electron chi connectivity index (χ3n) is 5.24. The molecule has 2 atom stereocenters. The van der Waals surface area contributed by atoms with Gasteiger partial charge in [0.15, 0.2) is 0 Å². The summed E-state index contributed by atoms with van der Waals surface area (Å²) in [5.74, 6) is 0.290. The number of carbonyl (C=O) groups is 1. The Morgan fingerprint density at radius 3 is 2.96 bits per heavy atom. The van der Waals surface area contributed by atoms with Crippen molar-refractivity contribution in [2.24, 2.45) is 0 Å². The van der Waals surface area contributed by atoms with E-state index < -0.39 is 0 Å². The number of rotatable bonds is 5. The van der Waals surface area contributed by atoms with Crippen LogP contribution in [0.2, 0.25) is 0 Å². The molecule has 0 saturated carbocycles. The van der Waals surface area contributed by atoms with E-state index in [0.29, 0.717) is 24.5 Å². The second-order valence-electron chi connectivity index (χ2n) is 6.76. The summed E-state index contributed by atoms with van der Waals surface area (Å²) in [5.41, 5.74) is 0. The highest BCUT2D eigenvalue weighted by atomic mass is 32.1. The van der Waals surface area contributed by atoms with Crippen molar-refractivity contribution < 1.29 is 4.79 Å². The first kappa shape index (κ1) is 15.8. The number of amides is 1. The average Bonchev–Trinajstić information content (AvgIpc) is 3.37. The molecule has 4 rings (SSSR count). The second-order valence-corrected chi connectivity index (χ2v) is 7.73. The summed E-state index contributed by atoms with van der Waals surface area (Å²) in [6.45, 7) is 3.36. The Kier molecular flexibility index (Phi) is 4.67. The van der Waals surface area contributed by atoms with E-state index in [0.717, 1.165) is 38.9 Å². The highest BCUT2D eigenvalue weighted by Crippen LogP contribution is 2.34. The number of nitrogens with zero attached hydrogens (tertiary/aromatic N) is 4. The largest absolute Gasteiger partial charge is 0.334 e. The van der Waals surface area contributed by atoms with E-state index >= 15 is 0 Å². The quantitative estimate of drug-likeness (QED) is 0.837. The molecular formula is C18H24N4OS. The molecule has 2 unspecified atom stereocenters. The van der Waals surface area contributed by atoms with Crippen molar-refractivity contribution in [2.45, 2.75) is 44.3 Å². The van der Waals surface area contributed by atoms with E-state index in [1.54, 1.807) is 11.3 Å². The highest BCUT2D eigenvalue weighted by Gasteiger charge is 2.33. The lowest BCUT2D eigenvalue weighted by atomic mass is 10.2. The van der Waals surface area contributed by atoms with Gasteiger partial charge < -0.3 is 4.90 Å². The van der Waals surface area contributed by atoms with Crippen LogP contribution in [0, 0.1) is 0 Å². The molecule has 2 saturated heterocycles. The molecule has 24 heavy (non-hydrogen) atoms. The maximum absolute atomic E-state index is 12.9. The molecule has 0 aromatic carbocycles. The Hall–Kier alpha value is -1.66. The van der Waals surface area contributed by atoms with Gasteiger partial charge >= 0.3 is 0 Å². The Balaban J connectivity index is 1.39. The zero-order valence-corrected chi connectivity index (χ0v) is 14.7. The van der Waals surface area contributed by atoms with Crippen LogP contribution in [-0.4, -0.2) is 51.2 Å². The van der Waals surface area contributed by atoms with Crippen molar-refractivity contribution in [3.63, 3.8) is 0 Å². The van der Waals surface area contributed by atoms with Gasteiger partial charge in [0.05, 0.1) is 19.1 Å². The zero-order valence-electron chi connectivity index (χ0n) is 13.9. The molecular weight excluding hydrogens is 320 g/mol. The molecule has 4 heterocycles. The van der Waals surface area contributed by atoms with Gasteiger partial charge in [-0.15, -0.1) is 11.3 Å². The SMILES string of the molecule is O=C(CN1CCCC1Cn1cccn1)N1CCCC1c1cccs1. The smallest absolute Gasteiger partial charge is 0.237 e. The first-order valence-corrected chi connectivity index (χ1v) is 9.73. The van der Waals surface area contributed by atoms with Crippen LogP contribution in [0.4, 0.5) is 0 Å². The Labute approximate surface area is 146 Å². The van der Waals surface area contributed by atoms with Crippen LogP contribution >= 0.6 is 11.3 Å². The topological polar surface area (TPSA) is 41.4 Å². The summed E-state index contributed by atoms with van der Waals surface area (Å²) in [5, 5.41) is 6.42. The monoisotopic (exact) mass is 344 g/mol. The molecule has 2 aromatic rings. The van der Waals surface area contributed by atoms with Gasteiger partial charge in [0.25, 0.3) is 0 Å². The molecule has 2 aliphatic rings. The van der Waals surface area contributed by atoms with Gasteiger partial charge in [-0.2, -0.15) is 5.10 Å². The standard InChI is InChI=1S/C18H24N4OS/c23-18(22-11-2-6-16(22)17-7-3-12-24-17)14-20-9-1-5-15(20)13-21-10-4-8-19-21/h3-4,7-8,10,12,15-16H,1-2,5-6,9,11,13-14H2. The summed E-state index contributed by atoms with van der Waals surface area (Å²) in [6, 6.07) is 6.93. The van der Waals surface area contributed by atoms with Crippen LogP contribution in [0.1, 0.15) is 36.6 Å². The molecule has 2 aromatic heterocycles. The average molecular weight is 344 g/mol. The number of hydrogen-bond acceptors (Lipinski definition) is 4. The molecule has 2 aliphatic heterocycles. The molecule has 0 radical (unpaired) electrons. The van der Waals surface area contributed by atoms with Gasteiger partial charge in [-0.3, -0.25) is 14.4 Å². The van der Waals surface area contributed by atoms with Crippen molar-refractivity contribution in [1.29, 1.82) is 0 Å². The van der Waals surface area contributed by atoms with E-state index in [-0.39, 0.29) is 0 Å². The molecule has 6 heteroatoms. The van der Waals surface area contributed by atoms with Gasteiger partial charge in [-0.05, 0) is 49.7 Å². The second kappa shape index (κ2) is 7.07. The summed E-state index contributed by atoms with van der Waals surface area (Å²) in [4.78, 5) is 18.7. The molecule has 0 aliphatic carbocycles. The number of likely N-dealkylation sites (tertiary alicyclic amines) is 2. The summed E-state index contributed by atoms with van der Waals surface area (Å²) in [6.07, 6.45) is 8.37. The highest BCUT2D eigenvalue weighted by molar-refractivity contribution is 7.10. The van der Waals surface area contributed by atoms with Gasteiger partial charge in [0, 0.05) is 29.9 Å². The van der Waals surface area contributed by atoms with Crippen LogP contribution in [-0.2, 0) is 11.3 Å². The number of carbonyl (C=O) groups excluding carboxylic acids is 1. The van der Waals surface area contributed by atoms with E-state index in [4.69, 9.17) is 0 Å². The van der Waals surface area contributed by atoms with Crippen molar-refractivity contribution >= 4 is 17.2 Å². The predicted molar refractivity (Wildman–Crippen MR) is 94.8 cm³/mol. The number of aromatic nitrogens is 2. The van der Waals surface area contributed by atoms with E-state index in [2.05, 4.69) is 32.4 Å². The summed E-state index contributed by atoms with van der Waals surface area (Å²) in [7, 11) is 0. The van der Waals surface area contributed by atoms with Crippen molar-refractivity contribution in [3.8, 4) is 0 Å². The van der Waals surface area contributed by atoms with Crippen LogP contribution in [0.3, 0.4) is 0 Å². The number of hydrogen-bond donors (Lipinski definition) is 0. The van der Waals surface area contributed by atoms with Crippen LogP contribution < -0.4 is 0 Å². The van der Waals surface area contributed by atoms with E-state index in [9.17, 15) is 4.79 Å². The minimum atomic E-state index is 0.290. The lowest BCUT2D eigenvalue weighted by molar-refractivity contribution is -0.133. The van der Waals surface area contributed by atoms with E-state index in [1.165, 1.54) is 11.3 Å². The molecule has 5 nitrogen and oxygen atoms in total. The third kappa shape index (κ3) is 3.26. The molecule has 0 spiro atoms. The Morgan fingerprint density at radius 2 is 2.17 bits per heavy atom. The number of thiophene rings is 1. The van der Waals surface area contributed by atoms with Crippen molar-refractivity contribution in [3.05, 3.63) is 40.8 Å². The molecule has 0 bridgehead atoms. The fourth-order valence-corrected chi connectivity index (χ4v) is 4.91. The van der Waals surface area contributed by atoms with Crippen LogP contribution in [0.25, 0.3) is 0 Å². The maximum atomic E-state index is 12.9. The fourth-order valence-electron chi connectivity index (χ4n) is 4.04.